The van der Waals surface area contributed by atoms with Crippen LogP contribution in [0.1, 0.15) is 90.0 Å². The monoisotopic (exact) mass is 454 g/mol. The first-order valence-corrected chi connectivity index (χ1v) is 12.1. The van der Waals surface area contributed by atoms with Crippen molar-refractivity contribution in [3.63, 3.8) is 0 Å². The summed E-state index contributed by atoms with van der Waals surface area (Å²) < 4.78 is 12.0. The van der Waals surface area contributed by atoms with Crippen molar-refractivity contribution in [2.24, 2.45) is 5.92 Å². The molecule has 0 radical (unpaired) electrons. The average molecular weight is 455 g/mol. The van der Waals surface area contributed by atoms with E-state index in [4.69, 9.17) is 9.47 Å². The molecule has 3 nitrogen and oxygen atoms in total. The molecular formula is C30H39LiO3. The van der Waals surface area contributed by atoms with Crippen LogP contribution in [0.3, 0.4) is 0 Å². The van der Waals surface area contributed by atoms with Crippen molar-refractivity contribution in [1.29, 1.82) is 0 Å². The fourth-order valence-electron chi connectivity index (χ4n) is 4.42. The van der Waals surface area contributed by atoms with Crippen LogP contribution in [0.25, 0.3) is 11.6 Å². The first kappa shape index (κ1) is 28.2. The molecule has 0 heterocycles. The zero-order valence-corrected chi connectivity index (χ0v) is 22.5. The molecule has 0 fully saturated rings. The molecule has 1 atom stereocenters. The Kier molecular flexibility index (Phi) is 9.20. The van der Waals surface area contributed by atoms with Crippen LogP contribution in [0.4, 0.5) is 0 Å². The molecule has 3 rings (SSSR count). The quantitative estimate of drug-likeness (QED) is 0.484. The Morgan fingerprint density at radius 1 is 0.971 bits per heavy atom. The van der Waals surface area contributed by atoms with Gasteiger partial charge in [-0.05, 0) is 57.2 Å². The molecule has 178 valence electrons. The standard InChI is InChI=1S/C30H40O3.Li/c1-9-10-13-21-17-16-20-14-11-12-15-23(20)26(21)28(31)33-27-24(29(2,3)4)18-22(32-8)19-25(27)30(5,6)7;/h11-12,14-19,21,31H,9-10,13H2,1-8H3;/q;+1/p-1/b28-26-;/t21-;/m0./s1. The van der Waals surface area contributed by atoms with Crippen molar-refractivity contribution < 1.29 is 33.4 Å². The minimum absolute atomic E-state index is 0. The van der Waals surface area contributed by atoms with E-state index >= 15 is 0 Å². The number of allylic oxidation sites excluding steroid dienone is 2. The van der Waals surface area contributed by atoms with E-state index in [1.807, 2.05) is 30.3 Å². The van der Waals surface area contributed by atoms with E-state index < -0.39 is 0 Å². The minimum Gasteiger partial charge on any atom is -0.579 e. The molecule has 4 heteroatoms. The van der Waals surface area contributed by atoms with Crippen LogP contribution in [0, 0.1) is 5.92 Å². The normalized spacial score (nSPS) is 17.0. The molecule has 0 bridgehead atoms. The van der Waals surface area contributed by atoms with Crippen LogP contribution in [0.5, 0.6) is 11.5 Å². The maximum Gasteiger partial charge on any atom is 1.00 e. The van der Waals surface area contributed by atoms with Gasteiger partial charge in [0.1, 0.15) is 5.75 Å². The molecule has 0 aliphatic heterocycles. The number of rotatable bonds is 6. The van der Waals surface area contributed by atoms with Crippen molar-refractivity contribution in [3.05, 3.63) is 70.7 Å². The number of ether oxygens (including phenoxy) is 2. The predicted octanol–water partition coefficient (Wildman–Crippen LogP) is 4.24. The average Bonchev–Trinajstić information content (AvgIpc) is 2.75. The molecule has 0 saturated heterocycles. The van der Waals surface area contributed by atoms with Gasteiger partial charge < -0.3 is 14.6 Å². The first-order valence-electron chi connectivity index (χ1n) is 12.1. The van der Waals surface area contributed by atoms with E-state index in [9.17, 15) is 5.11 Å². The second-order valence-electron chi connectivity index (χ2n) is 11.0. The summed E-state index contributed by atoms with van der Waals surface area (Å²) in [6, 6.07) is 12.1. The summed E-state index contributed by atoms with van der Waals surface area (Å²) in [4.78, 5) is 0. The third kappa shape index (κ3) is 6.12. The molecule has 1 aliphatic rings. The number of hydrogen-bond donors (Lipinski definition) is 0. The summed E-state index contributed by atoms with van der Waals surface area (Å²) >= 11 is 0. The van der Waals surface area contributed by atoms with Gasteiger partial charge in [-0.2, -0.15) is 0 Å². The van der Waals surface area contributed by atoms with Crippen LogP contribution >= 0.6 is 0 Å². The molecule has 0 aromatic heterocycles. The van der Waals surface area contributed by atoms with Gasteiger partial charge in [0.25, 0.3) is 0 Å². The summed E-state index contributed by atoms with van der Waals surface area (Å²) in [5.74, 6) is 1.24. The maximum atomic E-state index is 13.9. The van der Waals surface area contributed by atoms with Crippen molar-refractivity contribution in [2.75, 3.05) is 7.11 Å². The second kappa shape index (κ2) is 11.1. The molecule has 0 saturated carbocycles. The fourth-order valence-corrected chi connectivity index (χ4v) is 4.42. The number of methoxy groups -OCH3 is 1. The Bertz CT molecular complexity index is 1020. The summed E-state index contributed by atoms with van der Waals surface area (Å²) in [5.41, 5.74) is 4.32. The van der Waals surface area contributed by atoms with Crippen molar-refractivity contribution in [1.82, 2.24) is 0 Å². The Labute approximate surface area is 218 Å². The van der Waals surface area contributed by atoms with Gasteiger partial charge in [0.15, 0.2) is 0 Å². The second-order valence-corrected chi connectivity index (χ2v) is 11.0. The van der Waals surface area contributed by atoms with E-state index in [0.717, 1.165) is 52.8 Å². The van der Waals surface area contributed by atoms with Gasteiger partial charge in [-0.15, -0.1) is 0 Å². The van der Waals surface area contributed by atoms with E-state index in [2.05, 4.69) is 66.7 Å². The fraction of sp³-hybridized carbons (Fsp3) is 0.467. The molecule has 0 unspecified atom stereocenters. The maximum absolute atomic E-state index is 13.9. The third-order valence-corrected chi connectivity index (χ3v) is 6.33. The Balaban J connectivity index is 0.00000408. The Morgan fingerprint density at radius 3 is 2.09 bits per heavy atom. The van der Waals surface area contributed by atoms with E-state index in [0.29, 0.717) is 5.75 Å². The molecule has 0 spiro atoms. The predicted molar refractivity (Wildman–Crippen MR) is 136 cm³/mol. The first-order chi connectivity index (χ1) is 15.5. The van der Waals surface area contributed by atoms with Crippen LogP contribution in [0.2, 0.25) is 0 Å². The minimum atomic E-state index is -0.255. The largest absolute Gasteiger partial charge is 1.00 e. The SMILES string of the molecule is CCCC[C@H]1C=Cc2ccccc2/C1=C(/[O-])Oc1c(C(C)(C)C)cc(OC)cc1C(C)(C)C.[Li+]. The third-order valence-electron chi connectivity index (χ3n) is 6.33. The molecule has 34 heavy (non-hydrogen) atoms. The summed E-state index contributed by atoms with van der Waals surface area (Å²) in [5, 5.41) is 13.9. The number of benzene rings is 2. The zero-order chi connectivity index (χ0) is 24.4. The number of unbranched alkanes of at least 4 members (excludes halogenated alkanes) is 1. The summed E-state index contributed by atoms with van der Waals surface area (Å²) in [7, 11) is 1.68. The van der Waals surface area contributed by atoms with Gasteiger partial charge in [0.2, 0.25) is 0 Å². The molecule has 1 aliphatic carbocycles. The molecular weight excluding hydrogens is 415 g/mol. The zero-order valence-electron chi connectivity index (χ0n) is 22.5. The van der Waals surface area contributed by atoms with Crippen LogP contribution in [-0.4, -0.2) is 7.11 Å². The Morgan fingerprint density at radius 2 is 1.56 bits per heavy atom. The number of fused-ring (bicyclic) bond motifs is 1. The van der Waals surface area contributed by atoms with Gasteiger partial charge in [0.05, 0.1) is 13.1 Å². The van der Waals surface area contributed by atoms with Gasteiger partial charge in [-0.25, -0.2) is 0 Å². The van der Waals surface area contributed by atoms with Crippen LogP contribution in [0.15, 0.2) is 48.4 Å². The van der Waals surface area contributed by atoms with Gasteiger partial charge >= 0.3 is 18.9 Å². The molecule has 0 N–H and O–H groups in total. The van der Waals surface area contributed by atoms with E-state index in [1.165, 1.54) is 0 Å². The molecule has 2 aromatic carbocycles. The van der Waals surface area contributed by atoms with Crippen molar-refractivity contribution in [2.45, 2.75) is 78.6 Å². The van der Waals surface area contributed by atoms with Gasteiger partial charge in [-0.1, -0.05) is 97.7 Å². The number of hydrogen-bond acceptors (Lipinski definition) is 3. The summed E-state index contributed by atoms with van der Waals surface area (Å²) in [6.45, 7) is 15.0. The van der Waals surface area contributed by atoms with E-state index in [1.54, 1.807) is 7.11 Å². The smallest absolute Gasteiger partial charge is 0.579 e. The van der Waals surface area contributed by atoms with E-state index in [-0.39, 0.29) is 41.6 Å². The Hall–Kier alpha value is -2.08. The van der Waals surface area contributed by atoms with Crippen molar-refractivity contribution in [3.8, 4) is 11.5 Å². The molecule has 0 amide bonds. The van der Waals surface area contributed by atoms with Crippen LogP contribution in [-0.2, 0) is 10.8 Å². The summed E-state index contributed by atoms with van der Waals surface area (Å²) in [6.07, 6.45) is 7.40. The topological polar surface area (TPSA) is 41.5 Å². The molecule has 2 aromatic rings. The van der Waals surface area contributed by atoms with Crippen LogP contribution < -0.4 is 33.4 Å². The van der Waals surface area contributed by atoms with Gasteiger partial charge in [-0.3, -0.25) is 0 Å². The van der Waals surface area contributed by atoms with Gasteiger partial charge in [0, 0.05) is 11.7 Å². The van der Waals surface area contributed by atoms with Crippen molar-refractivity contribution >= 4 is 11.6 Å².